The van der Waals surface area contributed by atoms with Crippen LogP contribution in [0.25, 0.3) is 0 Å². The van der Waals surface area contributed by atoms with Gasteiger partial charge in [-0.3, -0.25) is 9.59 Å². The van der Waals surface area contributed by atoms with E-state index in [2.05, 4.69) is 5.32 Å². The Kier molecular flexibility index (Phi) is 4.12. The molecule has 0 aliphatic heterocycles. The molecule has 1 amide bonds. The van der Waals surface area contributed by atoms with Gasteiger partial charge in [-0.25, -0.2) is 4.39 Å². The van der Waals surface area contributed by atoms with Gasteiger partial charge in [0.2, 0.25) is 5.91 Å². The van der Waals surface area contributed by atoms with Gasteiger partial charge in [-0.1, -0.05) is 19.3 Å². The van der Waals surface area contributed by atoms with E-state index in [1.54, 1.807) is 0 Å². The van der Waals surface area contributed by atoms with E-state index in [1.165, 1.54) is 6.42 Å². The molecule has 0 bridgehead atoms. The molecule has 0 saturated heterocycles. The van der Waals surface area contributed by atoms with E-state index in [0.29, 0.717) is 0 Å². The zero-order valence-electron chi connectivity index (χ0n) is 10.2. The van der Waals surface area contributed by atoms with Crippen LogP contribution >= 0.6 is 0 Å². The highest BCUT2D eigenvalue weighted by Crippen LogP contribution is 2.17. The third-order valence-corrected chi connectivity index (χ3v) is 3.23. The van der Waals surface area contributed by atoms with Crippen molar-refractivity contribution >= 4 is 5.91 Å². The molecule has 5 heteroatoms. The highest BCUT2D eigenvalue weighted by atomic mass is 19.1. The van der Waals surface area contributed by atoms with E-state index < -0.39 is 5.82 Å². The lowest BCUT2D eigenvalue weighted by molar-refractivity contribution is -0.122. The fraction of sp³-hybridized carbons (Fsp3) is 0.538. The molecule has 0 spiro atoms. The molecule has 1 aliphatic carbocycles. The van der Waals surface area contributed by atoms with Crippen LogP contribution in [0.5, 0.6) is 0 Å². The van der Waals surface area contributed by atoms with E-state index in [1.807, 2.05) is 0 Å². The van der Waals surface area contributed by atoms with Crippen molar-refractivity contribution in [2.75, 3.05) is 0 Å². The summed E-state index contributed by atoms with van der Waals surface area (Å²) in [6.45, 7) is -0.118. The lowest BCUT2D eigenvalue weighted by atomic mass is 9.95. The Morgan fingerprint density at radius 2 is 2.06 bits per heavy atom. The maximum atomic E-state index is 13.0. The second-order valence-corrected chi connectivity index (χ2v) is 4.72. The normalized spacial score (nSPS) is 16.5. The van der Waals surface area contributed by atoms with Crippen molar-refractivity contribution in [2.45, 2.75) is 44.7 Å². The number of hydrogen-bond acceptors (Lipinski definition) is 2. The third kappa shape index (κ3) is 3.42. The molecular weight excluding hydrogens is 235 g/mol. The van der Waals surface area contributed by atoms with Gasteiger partial charge in [0.1, 0.15) is 12.4 Å². The zero-order valence-corrected chi connectivity index (χ0v) is 10.2. The number of hydrogen-bond donors (Lipinski definition) is 1. The summed E-state index contributed by atoms with van der Waals surface area (Å²) >= 11 is 0. The monoisotopic (exact) mass is 252 g/mol. The zero-order chi connectivity index (χ0) is 13.0. The Balaban J connectivity index is 1.94. The lowest BCUT2D eigenvalue weighted by Crippen LogP contribution is -2.39. The fourth-order valence-electron chi connectivity index (χ4n) is 2.30. The summed E-state index contributed by atoms with van der Waals surface area (Å²) in [6.07, 6.45) is 6.52. The van der Waals surface area contributed by atoms with Crippen LogP contribution in [0.2, 0.25) is 0 Å². The lowest BCUT2D eigenvalue weighted by Gasteiger charge is -2.22. The summed E-state index contributed by atoms with van der Waals surface area (Å²) in [7, 11) is 0. The van der Waals surface area contributed by atoms with Gasteiger partial charge in [-0.15, -0.1) is 0 Å². The van der Waals surface area contributed by atoms with E-state index >= 15 is 0 Å². The minimum Gasteiger partial charge on any atom is -0.352 e. The smallest absolute Gasteiger partial charge is 0.251 e. The van der Waals surface area contributed by atoms with Crippen LogP contribution < -0.4 is 10.9 Å². The van der Waals surface area contributed by atoms with Crippen molar-refractivity contribution in [1.82, 2.24) is 9.88 Å². The number of carbonyl (C=O) groups is 1. The Morgan fingerprint density at radius 3 is 2.78 bits per heavy atom. The number of amides is 1. The first-order valence-electron chi connectivity index (χ1n) is 6.30. The maximum Gasteiger partial charge on any atom is 0.251 e. The van der Waals surface area contributed by atoms with Crippen molar-refractivity contribution < 1.29 is 9.18 Å². The number of rotatable bonds is 3. The van der Waals surface area contributed by atoms with Crippen LogP contribution in [-0.4, -0.2) is 16.5 Å². The Morgan fingerprint density at radius 1 is 1.33 bits per heavy atom. The first-order chi connectivity index (χ1) is 8.65. The molecule has 0 atom stereocenters. The van der Waals surface area contributed by atoms with Crippen LogP contribution in [0.1, 0.15) is 32.1 Å². The first kappa shape index (κ1) is 12.8. The van der Waals surface area contributed by atoms with Crippen molar-refractivity contribution in [3.63, 3.8) is 0 Å². The van der Waals surface area contributed by atoms with E-state index in [-0.39, 0.29) is 24.1 Å². The summed E-state index contributed by atoms with van der Waals surface area (Å²) in [4.78, 5) is 23.2. The molecule has 1 aromatic rings. The minimum absolute atomic E-state index is 0.118. The van der Waals surface area contributed by atoms with Crippen molar-refractivity contribution in [1.29, 1.82) is 0 Å². The average Bonchev–Trinajstić information content (AvgIpc) is 2.35. The van der Waals surface area contributed by atoms with Crippen LogP contribution in [0.15, 0.2) is 23.1 Å². The van der Waals surface area contributed by atoms with Gasteiger partial charge in [0.25, 0.3) is 5.56 Å². The molecule has 1 fully saturated rings. The molecule has 1 heterocycles. The summed E-state index contributed by atoms with van der Waals surface area (Å²) in [5.74, 6) is -0.741. The van der Waals surface area contributed by atoms with E-state index in [0.717, 1.165) is 48.6 Å². The van der Waals surface area contributed by atoms with Crippen molar-refractivity contribution in [3.05, 3.63) is 34.5 Å². The van der Waals surface area contributed by atoms with E-state index in [9.17, 15) is 14.0 Å². The van der Waals surface area contributed by atoms with Gasteiger partial charge >= 0.3 is 0 Å². The summed E-state index contributed by atoms with van der Waals surface area (Å²) in [5.41, 5.74) is -0.366. The quantitative estimate of drug-likeness (QED) is 0.885. The molecule has 1 aliphatic rings. The van der Waals surface area contributed by atoms with Gasteiger partial charge < -0.3 is 9.88 Å². The van der Waals surface area contributed by atoms with Gasteiger partial charge in [0.15, 0.2) is 0 Å². The van der Waals surface area contributed by atoms with Crippen LogP contribution in [0.3, 0.4) is 0 Å². The Bertz CT molecular complexity index is 478. The van der Waals surface area contributed by atoms with Gasteiger partial charge in [-0.2, -0.15) is 0 Å². The highest BCUT2D eigenvalue weighted by Gasteiger charge is 2.15. The summed E-state index contributed by atoms with van der Waals surface area (Å²) in [5, 5.41) is 2.89. The molecule has 1 saturated carbocycles. The molecule has 0 aromatic carbocycles. The maximum absolute atomic E-state index is 13.0. The van der Waals surface area contributed by atoms with Crippen molar-refractivity contribution in [2.24, 2.45) is 0 Å². The predicted molar refractivity (Wildman–Crippen MR) is 65.7 cm³/mol. The van der Waals surface area contributed by atoms with Crippen molar-refractivity contribution in [3.8, 4) is 0 Å². The number of pyridine rings is 1. The standard InChI is InChI=1S/C13H17FN2O2/c14-10-6-7-13(18)16(8-10)9-12(17)15-11-4-2-1-3-5-11/h6-8,11H,1-5,9H2,(H,15,17). The molecule has 0 unspecified atom stereocenters. The summed E-state index contributed by atoms with van der Waals surface area (Å²) < 4.78 is 14.1. The molecule has 18 heavy (non-hydrogen) atoms. The highest BCUT2D eigenvalue weighted by molar-refractivity contribution is 5.76. The molecular formula is C13H17FN2O2. The molecule has 2 rings (SSSR count). The first-order valence-corrected chi connectivity index (χ1v) is 6.30. The predicted octanol–water partition coefficient (Wildman–Crippen LogP) is 1.44. The number of nitrogens with zero attached hydrogens (tertiary/aromatic N) is 1. The number of carbonyl (C=O) groups excluding carboxylic acids is 1. The minimum atomic E-state index is -0.514. The van der Waals surface area contributed by atoms with Gasteiger partial charge in [0, 0.05) is 18.3 Å². The number of aromatic nitrogens is 1. The molecule has 0 radical (unpaired) electrons. The Labute approximate surface area is 105 Å². The number of halogens is 1. The fourth-order valence-corrected chi connectivity index (χ4v) is 2.30. The van der Waals surface area contributed by atoms with E-state index in [4.69, 9.17) is 0 Å². The SMILES string of the molecule is O=C(Cn1cc(F)ccc1=O)NC1CCCCC1. The molecule has 98 valence electrons. The Hall–Kier alpha value is -1.65. The average molecular weight is 252 g/mol. The number of nitrogens with one attached hydrogen (secondary N) is 1. The van der Waals surface area contributed by atoms with Crippen LogP contribution in [0, 0.1) is 5.82 Å². The third-order valence-electron chi connectivity index (χ3n) is 3.23. The molecule has 4 nitrogen and oxygen atoms in total. The largest absolute Gasteiger partial charge is 0.352 e. The second-order valence-electron chi connectivity index (χ2n) is 4.72. The second kappa shape index (κ2) is 5.80. The van der Waals surface area contributed by atoms with Crippen LogP contribution in [0.4, 0.5) is 4.39 Å². The van der Waals surface area contributed by atoms with Gasteiger partial charge in [-0.05, 0) is 18.9 Å². The van der Waals surface area contributed by atoms with Gasteiger partial charge in [0.05, 0.1) is 0 Å². The molecule has 1 N–H and O–H groups in total. The van der Waals surface area contributed by atoms with Crippen LogP contribution in [-0.2, 0) is 11.3 Å². The topological polar surface area (TPSA) is 51.1 Å². The molecule has 1 aromatic heterocycles. The summed E-state index contributed by atoms with van der Waals surface area (Å²) in [6, 6.07) is 2.43.